The molecule has 0 saturated carbocycles. The van der Waals surface area contributed by atoms with Crippen LogP contribution in [-0.4, -0.2) is 28.6 Å². The maximum Gasteiger partial charge on any atom is 0.416 e. The van der Waals surface area contributed by atoms with Gasteiger partial charge in [-0.1, -0.05) is 24.3 Å². The van der Waals surface area contributed by atoms with Crippen LogP contribution in [0.15, 0.2) is 59.5 Å². The average Bonchev–Trinajstić information content (AvgIpc) is 3.09. The minimum Gasteiger partial charge on any atom is -0.207 e. The molecule has 7 nitrogen and oxygen atoms in total. The zero-order valence-electron chi connectivity index (χ0n) is 13.1. The fourth-order valence-electron chi connectivity index (χ4n) is 2.17. The van der Waals surface area contributed by atoms with Crippen molar-refractivity contribution in [3.05, 3.63) is 66.0 Å². The molecule has 136 valence electrons. The van der Waals surface area contributed by atoms with E-state index in [4.69, 9.17) is 0 Å². The fraction of sp³-hybridized carbons (Fsp3) is 0.133. The van der Waals surface area contributed by atoms with Crippen molar-refractivity contribution in [1.29, 1.82) is 0 Å². The van der Waals surface area contributed by atoms with Gasteiger partial charge in [0.1, 0.15) is 0 Å². The first-order valence-electron chi connectivity index (χ1n) is 7.27. The van der Waals surface area contributed by atoms with E-state index in [1.807, 2.05) is 0 Å². The van der Waals surface area contributed by atoms with E-state index >= 15 is 0 Å². The van der Waals surface area contributed by atoms with Gasteiger partial charge in [-0.25, -0.2) is 13.1 Å². The lowest BCUT2D eigenvalue weighted by Crippen LogP contribution is -2.25. The molecular weight excluding hydrogens is 371 g/mol. The van der Waals surface area contributed by atoms with Crippen LogP contribution < -0.4 is 4.72 Å². The van der Waals surface area contributed by atoms with E-state index in [0.717, 1.165) is 18.2 Å². The van der Waals surface area contributed by atoms with E-state index in [-0.39, 0.29) is 12.4 Å². The number of para-hydroxylation sites is 1. The molecule has 0 atom stereocenters. The summed E-state index contributed by atoms with van der Waals surface area (Å²) >= 11 is 0. The van der Waals surface area contributed by atoms with E-state index in [0.29, 0.717) is 11.8 Å². The predicted octanol–water partition coefficient (Wildman–Crippen LogP) is 2.16. The molecule has 0 spiro atoms. The zero-order chi connectivity index (χ0) is 18.8. The molecule has 11 heteroatoms. The van der Waals surface area contributed by atoms with Crippen LogP contribution in [0.1, 0.15) is 11.4 Å². The first-order valence-corrected chi connectivity index (χ1v) is 8.75. The summed E-state index contributed by atoms with van der Waals surface area (Å²) in [6.07, 6.45) is -4.64. The Morgan fingerprint density at radius 3 is 2.46 bits per heavy atom. The molecule has 0 aliphatic carbocycles. The normalized spacial score (nSPS) is 12.3. The van der Waals surface area contributed by atoms with Gasteiger partial charge in [-0.15, -0.1) is 5.10 Å². The van der Waals surface area contributed by atoms with Crippen molar-refractivity contribution >= 4 is 10.0 Å². The molecule has 26 heavy (non-hydrogen) atoms. The van der Waals surface area contributed by atoms with E-state index in [9.17, 15) is 21.6 Å². The molecule has 0 aliphatic rings. The number of aromatic nitrogens is 4. The number of sulfonamides is 1. The van der Waals surface area contributed by atoms with Crippen molar-refractivity contribution in [3.8, 4) is 5.69 Å². The summed E-state index contributed by atoms with van der Waals surface area (Å²) in [5, 5.41) is 11.0. The van der Waals surface area contributed by atoms with Gasteiger partial charge in [-0.05, 0) is 40.8 Å². The molecule has 2 aromatic carbocycles. The number of nitrogens with one attached hydrogen (secondary N) is 1. The second-order valence-electron chi connectivity index (χ2n) is 5.19. The maximum atomic E-state index is 12.8. The van der Waals surface area contributed by atoms with Crippen LogP contribution in [0, 0.1) is 0 Å². The van der Waals surface area contributed by atoms with Gasteiger partial charge in [0.05, 0.1) is 22.7 Å². The number of benzene rings is 2. The van der Waals surface area contributed by atoms with Crippen molar-refractivity contribution in [3.63, 3.8) is 0 Å². The van der Waals surface area contributed by atoms with Crippen LogP contribution in [0.5, 0.6) is 0 Å². The molecule has 0 aliphatic heterocycles. The van der Waals surface area contributed by atoms with Gasteiger partial charge < -0.3 is 0 Å². The molecule has 0 fully saturated rings. The Hall–Kier alpha value is -2.79. The summed E-state index contributed by atoms with van der Waals surface area (Å²) in [5.41, 5.74) is -0.430. The van der Waals surface area contributed by atoms with Gasteiger partial charge in [-0.3, -0.25) is 0 Å². The highest BCUT2D eigenvalue weighted by Gasteiger charge is 2.31. The lowest BCUT2D eigenvalue weighted by molar-refractivity contribution is -0.137. The van der Waals surface area contributed by atoms with Crippen molar-refractivity contribution in [2.45, 2.75) is 17.6 Å². The smallest absolute Gasteiger partial charge is 0.207 e. The molecule has 0 unspecified atom stereocenters. The van der Waals surface area contributed by atoms with Crippen LogP contribution in [0.2, 0.25) is 0 Å². The molecule has 0 bridgehead atoms. The number of halogens is 3. The molecule has 1 heterocycles. The van der Waals surface area contributed by atoms with Crippen LogP contribution in [0.3, 0.4) is 0 Å². The fourth-order valence-corrected chi connectivity index (χ4v) is 3.19. The van der Waals surface area contributed by atoms with Crippen molar-refractivity contribution in [2.75, 3.05) is 0 Å². The molecule has 3 rings (SSSR count). The lowest BCUT2D eigenvalue weighted by Gasteiger charge is -2.10. The Kier molecular flexibility index (Phi) is 4.74. The van der Waals surface area contributed by atoms with Gasteiger partial charge in [0.15, 0.2) is 5.82 Å². The van der Waals surface area contributed by atoms with Crippen LogP contribution in [0.4, 0.5) is 13.2 Å². The average molecular weight is 383 g/mol. The van der Waals surface area contributed by atoms with Crippen LogP contribution >= 0.6 is 0 Å². The summed E-state index contributed by atoms with van der Waals surface area (Å²) in [5.74, 6) is 0.187. The minimum atomic E-state index is -4.64. The first kappa shape index (κ1) is 18.0. The Bertz CT molecular complexity index is 1000. The van der Waals surface area contributed by atoms with Crippen LogP contribution in [-0.2, 0) is 22.7 Å². The SMILES string of the molecule is O=S(=O)(NCc1nnnn1-c1ccccc1)c1cccc(C(F)(F)F)c1. The number of hydrogen-bond donors (Lipinski definition) is 1. The second kappa shape index (κ2) is 6.84. The number of nitrogens with zero attached hydrogens (tertiary/aromatic N) is 4. The molecule has 0 saturated heterocycles. The maximum absolute atomic E-state index is 12.8. The van der Waals surface area contributed by atoms with Gasteiger partial charge >= 0.3 is 6.18 Å². The highest BCUT2D eigenvalue weighted by atomic mass is 32.2. The van der Waals surface area contributed by atoms with Crippen molar-refractivity contribution in [1.82, 2.24) is 24.9 Å². The monoisotopic (exact) mass is 383 g/mol. The number of alkyl halides is 3. The number of tetrazole rings is 1. The summed E-state index contributed by atoms with van der Waals surface area (Å²) in [4.78, 5) is -0.494. The first-order chi connectivity index (χ1) is 12.3. The minimum absolute atomic E-state index is 0.187. The molecule has 1 N–H and O–H groups in total. The Balaban J connectivity index is 1.81. The van der Waals surface area contributed by atoms with Gasteiger partial charge in [-0.2, -0.15) is 17.9 Å². The summed E-state index contributed by atoms with van der Waals surface area (Å²) in [6, 6.07) is 12.2. The summed E-state index contributed by atoms with van der Waals surface area (Å²) in [6.45, 7) is -0.291. The molecule has 3 aromatic rings. The van der Waals surface area contributed by atoms with Crippen molar-refractivity contribution in [2.24, 2.45) is 0 Å². The largest absolute Gasteiger partial charge is 0.416 e. The van der Waals surface area contributed by atoms with E-state index in [1.165, 1.54) is 4.68 Å². The quantitative estimate of drug-likeness (QED) is 0.729. The van der Waals surface area contributed by atoms with E-state index in [1.54, 1.807) is 30.3 Å². The molecule has 0 radical (unpaired) electrons. The molecule has 1 aromatic heterocycles. The molecular formula is C15H12F3N5O2S. The van der Waals surface area contributed by atoms with Gasteiger partial charge in [0.25, 0.3) is 0 Å². The highest BCUT2D eigenvalue weighted by molar-refractivity contribution is 7.89. The third-order valence-electron chi connectivity index (χ3n) is 3.43. The molecule has 0 amide bonds. The predicted molar refractivity (Wildman–Crippen MR) is 84.6 cm³/mol. The van der Waals surface area contributed by atoms with Crippen molar-refractivity contribution < 1.29 is 21.6 Å². The third kappa shape index (κ3) is 3.89. The summed E-state index contributed by atoms with van der Waals surface area (Å²) in [7, 11) is -4.18. The number of rotatable bonds is 5. The van der Waals surface area contributed by atoms with Crippen LogP contribution in [0.25, 0.3) is 5.69 Å². The zero-order valence-corrected chi connectivity index (χ0v) is 13.9. The highest BCUT2D eigenvalue weighted by Crippen LogP contribution is 2.30. The topological polar surface area (TPSA) is 89.8 Å². The Labute approximate surface area is 146 Å². The van der Waals surface area contributed by atoms with Gasteiger partial charge in [0, 0.05) is 0 Å². The standard InChI is InChI=1S/C15H12F3N5O2S/c16-15(17,18)11-5-4-8-13(9-11)26(24,25)19-10-14-20-21-22-23(14)12-6-2-1-3-7-12/h1-9,19H,10H2. The number of hydrogen-bond acceptors (Lipinski definition) is 5. The lowest BCUT2D eigenvalue weighted by atomic mass is 10.2. The summed E-state index contributed by atoms with van der Waals surface area (Å²) < 4.78 is 66.4. The second-order valence-corrected chi connectivity index (χ2v) is 6.96. The van der Waals surface area contributed by atoms with E-state index < -0.39 is 26.7 Å². The Morgan fingerprint density at radius 1 is 1.04 bits per heavy atom. The third-order valence-corrected chi connectivity index (χ3v) is 4.83. The van der Waals surface area contributed by atoms with Gasteiger partial charge in [0.2, 0.25) is 10.0 Å². The van der Waals surface area contributed by atoms with E-state index in [2.05, 4.69) is 20.2 Å². The Morgan fingerprint density at radius 2 is 1.77 bits per heavy atom.